The molecule has 2 aromatic carbocycles. The zero-order chi connectivity index (χ0) is 21.4. The molecule has 1 amide bonds. The zero-order valence-corrected chi connectivity index (χ0v) is 16.9. The summed E-state index contributed by atoms with van der Waals surface area (Å²) in [5.74, 6) is -0.119. The molecule has 2 aromatic heterocycles. The number of anilines is 1. The van der Waals surface area contributed by atoms with Crippen LogP contribution in [0.5, 0.6) is 11.6 Å². The molecule has 0 fully saturated rings. The van der Waals surface area contributed by atoms with Gasteiger partial charge in [0.15, 0.2) is 11.6 Å². The zero-order valence-electron chi connectivity index (χ0n) is 16.9. The summed E-state index contributed by atoms with van der Waals surface area (Å²) in [6.45, 7) is 3.37. The van der Waals surface area contributed by atoms with E-state index in [1.54, 1.807) is 24.4 Å². The number of ether oxygens (including phenoxy) is 1. The van der Waals surface area contributed by atoms with Crippen molar-refractivity contribution in [3.8, 4) is 11.6 Å². The van der Waals surface area contributed by atoms with Crippen molar-refractivity contribution in [2.75, 3.05) is 11.9 Å². The second kappa shape index (κ2) is 7.81. The molecule has 0 unspecified atom stereocenters. The molecule has 31 heavy (non-hydrogen) atoms. The fourth-order valence-corrected chi connectivity index (χ4v) is 3.77. The molecule has 0 atom stereocenters. The summed E-state index contributed by atoms with van der Waals surface area (Å²) >= 11 is 0. The topological polar surface area (TPSA) is 81.1 Å². The Labute approximate surface area is 177 Å². The largest absolute Gasteiger partial charge is 0.436 e. The molecule has 0 aliphatic carbocycles. The SMILES string of the molecule is Cc1cccc(NC(=O)n2ccc3c(F)c(Oc4ncnc5c4CCNC5)ccc32)c1. The molecule has 7 nitrogen and oxygen atoms in total. The maximum Gasteiger partial charge on any atom is 0.330 e. The number of hydrogen-bond donors (Lipinski definition) is 2. The number of carbonyl (C=O) groups excluding carboxylic acids is 1. The summed E-state index contributed by atoms with van der Waals surface area (Å²) in [6, 6.07) is 11.9. The molecule has 0 radical (unpaired) electrons. The number of aromatic nitrogens is 3. The number of benzene rings is 2. The third kappa shape index (κ3) is 3.62. The minimum Gasteiger partial charge on any atom is -0.436 e. The summed E-state index contributed by atoms with van der Waals surface area (Å²) in [7, 11) is 0. The van der Waals surface area contributed by atoms with Crippen LogP contribution in [0.4, 0.5) is 14.9 Å². The number of rotatable bonds is 3. The van der Waals surface area contributed by atoms with Crippen LogP contribution in [0.1, 0.15) is 16.8 Å². The van der Waals surface area contributed by atoms with Crippen LogP contribution in [0.3, 0.4) is 0 Å². The van der Waals surface area contributed by atoms with E-state index in [2.05, 4.69) is 20.6 Å². The van der Waals surface area contributed by atoms with Gasteiger partial charge in [0.05, 0.1) is 11.2 Å². The summed E-state index contributed by atoms with van der Waals surface area (Å²) in [5.41, 5.74) is 3.90. The van der Waals surface area contributed by atoms with Gasteiger partial charge in [-0.2, -0.15) is 0 Å². The number of halogens is 1. The third-order valence-electron chi connectivity index (χ3n) is 5.31. The van der Waals surface area contributed by atoms with Gasteiger partial charge >= 0.3 is 6.03 Å². The Balaban J connectivity index is 1.44. The van der Waals surface area contributed by atoms with E-state index in [1.807, 2.05) is 25.1 Å². The summed E-state index contributed by atoms with van der Waals surface area (Å²) in [6.07, 6.45) is 3.68. The van der Waals surface area contributed by atoms with Crippen LogP contribution >= 0.6 is 0 Å². The lowest BCUT2D eigenvalue weighted by Crippen LogP contribution is -2.25. The Morgan fingerprint density at radius 3 is 3.00 bits per heavy atom. The third-order valence-corrected chi connectivity index (χ3v) is 5.31. The van der Waals surface area contributed by atoms with E-state index in [-0.39, 0.29) is 11.8 Å². The van der Waals surface area contributed by atoms with Gasteiger partial charge in [-0.1, -0.05) is 12.1 Å². The molecule has 4 aromatic rings. The number of carbonyl (C=O) groups is 1. The maximum atomic E-state index is 15.2. The molecular formula is C23H20FN5O2. The fourth-order valence-electron chi connectivity index (χ4n) is 3.77. The number of fused-ring (bicyclic) bond motifs is 2. The van der Waals surface area contributed by atoms with Crippen LogP contribution < -0.4 is 15.4 Å². The monoisotopic (exact) mass is 417 g/mol. The van der Waals surface area contributed by atoms with Crippen molar-refractivity contribution in [3.63, 3.8) is 0 Å². The summed E-state index contributed by atoms with van der Waals surface area (Å²) in [5, 5.41) is 6.37. The lowest BCUT2D eigenvalue weighted by atomic mass is 10.1. The highest BCUT2D eigenvalue weighted by atomic mass is 19.1. The van der Waals surface area contributed by atoms with E-state index in [0.717, 1.165) is 23.4 Å². The van der Waals surface area contributed by atoms with E-state index in [9.17, 15) is 4.79 Å². The normalized spacial score (nSPS) is 13.1. The minimum atomic E-state index is -0.541. The molecule has 8 heteroatoms. The van der Waals surface area contributed by atoms with Crippen LogP contribution in [0.2, 0.25) is 0 Å². The molecule has 0 saturated heterocycles. The molecule has 156 valence electrons. The van der Waals surface area contributed by atoms with Crippen LogP contribution in [0.25, 0.3) is 10.9 Å². The second-order valence-corrected chi connectivity index (χ2v) is 7.43. The van der Waals surface area contributed by atoms with Crippen molar-refractivity contribution in [1.29, 1.82) is 0 Å². The van der Waals surface area contributed by atoms with Gasteiger partial charge in [-0.05, 0) is 55.8 Å². The molecule has 5 rings (SSSR count). The first kappa shape index (κ1) is 19.2. The van der Waals surface area contributed by atoms with Crippen molar-refractivity contribution in [2.45, 2.75) is 19.9 Å². The van der Waals surface area contributed by atoms with Crippen molar-refractivity contribution < 1.29 is 13.9 Å². The van der Waals surface area contributed by atoms with E-state index in [4.69, 9.17) is 4.74 Å². The first-order valence-corrected chi connectivity index (χ1v) is 9.99. The van der Waals surface area contributed by atoms with Crippen molar-refractivity contribution >= 4 is 22.6 Å². The van der Waals surface area contributed by atoms with E-state index in [0.29, 0.717) is 35.4 Å². The molecule has 0 spiro atoms. The van der Waals surface area contributed by atoms with Gasteiger partial charge in [0, 0.05) is 29.4 Å². The number of nitrogens with zero attached hydrogens (tertiary/aromatic N) is 3. The Bertz CT molecular complexity index is 1300. The highest BCUT2D eigenvalue weighted by Gasteiger charge is 2.20. The maximum absolute atomic E-state index is 15.2. The number of aryl methyl sites for hydroxylation is 1. The molecule has 0 bridgehead atoms. The van der Waals surface area contributed by atoms with E-state index in [1.165, 1.54) is 17.0 Å². The number of amides is 1. The number of nitrogens with one attached hydrogen (secondary N) is 2. The van der Waals surface area contributed by atoms with Gasteiger partial charge in [0.2, 0.25) is 5.88 Å². The van der Waals surface area contributed by atoms with Gasteiger partial charge in [-0.25, -0.2) is 19.2 Å². The average molecular weight is 417 g/mol. The fraction of sp³-hybridized carbons (Fsp3) is 0.174. The molecular weight excluding hydrogens is 397 g/mol. The van der Waals surface area contributed by atoms with Crippen molar-refractivity contribution in [1.82, 2.24) is 19.9 Å². The molecule has 2 N–H and O–H groups in total. The predicted octanol–water partition coefficient (Wildman–Crippen LogP) is 4.40. The Morgan fingerprint density at radius 2 is 2.13 bits per heavy atom. The van der Waals surface area contributed by atoms with Gasteiger partial charge in [0.1, 0.15) is 6.33 Å². The van der Waals surface area contributed by atoms with Crippen LogP contribution in [0.15, 0.2) is 55.0 Å². The highest BCUT2D eigenvalue weighted by Crippen LogP contribution is 2.32. The van der Waals surface area contributed by atoms with Crippen LogP contribution in [-0.2, 0) is 13.0 Å². The van der Waals surface area contributed by atoms with Crippen LogP contribution in [0, 0.1) is 12.7 Å². The summed E-state index contributed by atoms with van der Waals surface area (Å²) < 4.78 is 22.4. The van der Waals surface area contributed by atoms with Crippen molar-refractivity contribution in [2.24, 2.45) is 0 Å². The molecule has 1 aliphatic heterocycles. The van der Waals surface area contributed by atoms with E-state index < -0.39 is 5.82 Å². The highest BCUT2D eigenvalue weighted by molar-refractivity contribution is 5.99. The minimum absolute atomic E-state index is 0.0591. The lowest BCUT2D eigenvalue weighted by Gasteiger charge is -2.18. The predicted molar refractivity (Wildman–Crippen MR) is 115 cm³/mol. The summed E-state index contributed by atoms with van der Waals surface area (Å²) in [4.78, 5) is 21.2. The Hall–Kier alpha value is -3.78. The first-order valence-electron chi connectivity index (χ1n) is 9.99. The Kier molecular flexibility index (Phi) is 4.83. The van der Waals surface area contributed by atoms with Crippen molar-refractivity contribution in [3.05, 3.63) is 77.6 Å². The smallest absolute Gasteiger partial charge is 0.330 e. The van der Waals surface area contributed by atoms with Gasteiger partial charge in [0.25, 0.3) is 0 Å². The van der Waals surface area contributed by atoms with Gasteiger partial charge < -0.3 is 15.4 Å². The quantitative estimate of drug-likeness (QED) is 0.517. The van der Waals surface area contributed by atoms with Crippen LogP contribution in [-0.4, -0.2) is 27.1 Å². The Morgan fingerprint density at radius 1 is 1.23 bits per heavy atom. The standard InChI is InChI=1S/C23H20FN5O2/c1-14-3-2-4-15(11-14)28-23(30)29-10-8-17-19(29)5-6-20(21(17)24)31-22-16-7-9-25-12-18(16)26-13-27-22/h2-6,8,10-11,13,25H,7,9,12H2,1H3,(H,28,30). The second-order valence-electron chi connectivity index (χ2n) is 7.43. The van der Waals surface area contributed by atoms with Gasteiger partial charge in [-0.3, -0.25) is 4.57 Å². The lowest BCUT2D eigenvalue weighted by molar-refractivity contribution is 0.254. The molecule has 3 heterocycles. The first-order chi connectivity index (χ1) is 15.1. The van der Waals surface area contributed by atoms with Gasteiger partial charge in [-0.15, -0.1) is 0 Å². The van der Waals surface area contributed by atoms with E-state index >= 15 is 4.39 Å². The average Bonchev–Trinajstić information content (AvgIpc) is 3.21. The number of hydrogen-bond acceptors (Lipinski definition) is 5. The molecule has 1 aliphatic rings. The molecule has 0 saturated carbocycles.